The molecule has 0 aromatic carbocycles. The molecule has 1 atom stereocenters. The summed E-state index contributed by atoms with van der Waals surface area (Å²) in [6, 6.07) is 2.04. The van der Waals surface area contributed by atoms with Crippen molar-refractivity contribution in [3.05, 3.63) is 21.9 Å². The van der Waals surface area contributed by atoms with E-state index < -0.39 is 0 Å². The summed E-state index contributed by atoms with van der Waals surface area (Å²) >= 11 is 1.65. The van der Waals surface area contributed by atoms with E-state index in [1.54, 1.807) is 11.3 Å². The molecule has 2 rings (SSSR count). The van der Waals surface area contributed by atoms with Crippen LogP contribution in [0.25, 0.3) is 0 Å². The van der Waals surface area contributed by atoms with Crippen LogP contribution in [0.5, 0.6) is 0 Å². The zero-order valence-corrected chi connectivity index (χ0v) is 12.0. The van der Waals surface area contributed by atoms with Crippen molar-refractivity contribution in [2.45, 2.75) is 32.7 Å². The molecule has 1 amide bonds. The molecule has 1 aromatic rings. The average molecular weight is 277 g/mol. The second-order valence-electron chi connectivity index (χ2n) is 4.83. The van der Waals surface area contributed by atoms with E-state index in [0.29, 0.717) is 25.3 Å². The Morgan fingerprint density at radius 1 is 1.58 bits per heavy atom. The van der Waals surface area contributed by atoms with E-state index in [1.807, 2.05) is 16.3 Å². The third-order valence-electron chi connectivity index (χ3n) is 3.34. The third kappa shape index (κ3) is 3.82. The fourth-order valence-corrected chi connectivity index (χ4v) is 3.05. The molecule has 0 bridgehead atoms. The maximum absolute atomic E-state index is 11.8. The summed E-state index contributed by atoms with van der Waals surface area (Å²) in [6.07, 6.45) is 2.28. The van der Waals surface area contributed by atoms with Crippen molar-refractivity contribution in [3.8, 4) is 11.8 Å². The number of carbonyl (C=O) groups excluding carboxylic acids is 1. The summed E-state index contributed by atoms with van der Waals surface area (Å²) < 4.78 is 0. The molecule has 4 heteroatoms. The predicted octanol–water partition coefficient (Wildman–Crippen LogP) is 2.24. The van der Waals surface area contributed by atoms with E-state index in [2.05, 4.69) is 18.8 Å². The number of amides is 1. The van der Waals surface area contributed by atoms with Crippen molar-refractivity contribution < 1.29 is 9.90 Å². The van der Waals surface area contributed by atoms with E-state index in [-0.39, 0.29) is 12.5 Å². The number of aliphatic hydroxyl groups excluding tert-OH is 1. The van der Waals surface area contributed by atoms with Gasteiger partial charge in [-0.15, -0.1) is 11.3 Å². The molecule has 0 spiro atoms. The van der Waals surface area contributed by atoms with Crippen molar-refractivity contribution in [3.63, 3.8) is 0 Å². The number of hydrogen-bond acceptors (Lipinski definition) is 3. The summed E-state index contributed by atoms with van der Waals surface area (Å²) in [5.41, 5.74) is 0.979. The van der Waals surface area contributed by atoms with Gasteiger partial charge in [0.25, 0.3) is 0 Å². The summed E-state index contributed by atoms with van der Waals surface area (Å²) in [4.78, 5) is 15.0. The van der Waals surface area contributed by atoms with E-state index in [9.17, 15) is 4.79 Å². The second kappa shape index (κ2) is 6.74. The number of carbonyl (C=O) groups is 1. The lowest BCUT2D eigenvalue weighted by molar-refractivity contribution is -0.128. The molecular formula is C15H19NO2S. The van der Waals surface area contributed by atoms with Gasteiger partial charge in [-0.1, -0.05) is 25.2 Å². The Labute approximate surface area is 118 Å². The van der Waals surface area contributed by atoms with Crippen LogP contribution in [0.3, 0.4) is 0 Å². The minimum Gasteiger partial charge on any atom is -0.395 e. The first-order chi connectivity index (χ1) is 9.22. The molecule has 0 saturated carbocycles. The number of nitrogens with zero attached hydrogens (tertiary/aromatic N) is 1. The minimum atomic E-state index is 0.102. The van der Waals surface area contributed by atoms with Gasteiger partial charge in [-0.05, 0) is 12.0 Å². The SMILES string of the molecule is CCC1CC(=O)N(Cc2cc(C#CCCO)cs2)C1. The van der Waals surface area contributed by atoms with Gasteiger partial charge in [0.05, 0.1) is 13.2 Å². The monoisotopic (exact) mass is 277 g/mol. The molecule has 2 heterocycles. The molecule has 0 aliphatic carbocycles. The Hall–Kier alpha value is -1.31. The molecule has 1 fully saturated rings. The maximum Gasteiger partial charge on any atom is 0.223 e. The zero-order chi connectivity index (χ0) is 13.7. The Morgan fingerprint density at radius 3 is 3.11 bits per heavy atom. The van der Waals surface area contributed by atoms with E-state index in [0.717, 1.165) is 18.5 Å². The smallest absolute Gasteiger partial charge is 0.223 e. The number of likely N-dealkylation sites (tertiary alicyclic amines) is 1. The molecule has 19 heavy (non-hydrogen) atoms. The predicted molar refractivity (Wildman–Crippen MR) is 76.7 cm³/mol. The van der Waals surface area contributed by atoms with Crippen LogP contribution in [0.4, 0.5) is 0 Å². The van der Waals surface area contributed by atoms with Crippen LogP contribution in [-0.2, 0) is 11.3 Å². The lowest BCUT2D eigenvalue weighted by Crippen LogP contribution is -2.23. The summed E-state index contributed by atoms with van der Waals surface area (Å²) in [5, 5.41) is 10.7. The largest absolute Gasteiger partial charge is 0.395 e. The van der Waals surface area contributed by atoms with Gasteiger partial charge in [-0.25, -0.2) is 0 Å². The van der Waals surface area contributed by atoms with Crippen LogP contribution in [-0.4, -0.2) is 29.1 Å². The maximum atomic E-state index is 11.8. The van der Waals surface area contributed by atoms with E-state index >= 15 is 0 Å². The van der Waals surface area contributed by atoms with Crippen molar-refractivity contribution in [1.29, 1.82) is 0 Å². The lowest BCUT2D eigenvalue weighted by Gasteiger charge is -2.14. The van der Waals surface area contributed by atoms with E-state index in [1.165, 1.54) is 4.88 Å². The summed E-state index contributed by atoms with van der Waals surface area (Å²) in [6.45, 7) is 3.84. The Morgan fingerprint density at radius 2 is 2.42 bits per heavy atom. The second-order valence-corrected chi connectivity index (χ2v) is 5.83. The first kappa shape index (κ1) is 14.1. The molecule has 1 unspecified atom stereocenters. The van der Waals surface area contributed by atoms with Gasteiger partial charge in [0.1, 0.15) is 0 Å². The van der Waals surface area contributed by atoms with Gasteiger partial charge in [-0.2, -0.15) is 0 Å². The van der Waals surface area contributed by atoms with Crippen LogP contribution in [0.1, 0.15) is 36.6 Å². The van der Waals surface area contributed by atoms with Crippen LogP contribution in [0.2, 0.25) is 0 Å². The van der Waals surface area contributed by atoms with Crippen LogP contribution < -0.4 is 0 Å². The van der Waals surface area contributed by atoms with Crippen LogP contribution in [0, 0.1) is 17.8 Å². The molecule has 102 valence electrons. The highest BCUT2D eigenvalue weighted by Gasteiger charge is 2.28. The molecule has 3 nitrogen and oxygen atoms in total. The molecule has 0 radical (unpaired) electrons. The van der Waals surface area contributed by atoms with Crippen molar-refractivity contribution in [1.82, 2.24) is 4.90 Å². The Kier molecular flexibility index (Phi) is 5.00. The third-order valence-corrected chi connectivity index (χ3v) is 4.26. The highest BCUT2D eigenvalue weighted by atomic mass is 32.1. The topological polar surface area (TPSA) is 40.5 Å². The minimum absolute atomic E-state index is 0.102. The van der Waals surface area contributed by atoms with Gasteiger partial charge in [-0.3, -0.25) is 4.79 Å². The number of thiophene rings is 1. The van der Waals surface area contributed by atoms with Gasteiger partial charge in [0.15, 0.2) is 0 Å². The lowest BCUT2D eigenvalue weighted by atomic mass is 10.1. The number of hydrogen-bond donors (Lipinski definition) is 1. The summed E-state index contributed by atoms with van der Waals surface area (Å²) in [5.74, 6) is 6.72. The normalized spacial score (nSPS) is 18.5. The standard InChI is InChI=1S/C15H19NO2S/c1-2-12-8-15(18)16(9-12)10-14-7-13(11-19-14)5-3-4-6-17/h7,11-12,17H,2,4,6,8-10H2,1H3. The van der Waals surface area contributed by atoms with Gasteiger partial charge in [0, 0.05) is 35.2 Å². The zero-order valence-electron chi connectivity index (χ0n) is 11.2. The first-order valence-corrected chi connectivity index (χ1v) is 7.55. The molecule has 1 aliphatic rings. The van der Waals surface area contributed by atoms with Crippen LogP contribution >= 0.6 is 11.3 Å². The highest BCUT2D eigenvalue weighted by molar-refractivity contribution is 7.10. The van der Waals surface area contributed by atoms with Gasteiger partial charge in [0.2, 0.25) is 5.91 Å². The first-order valence-electron chi connectivity index (χ1n) is 6.67. The summed E-state index contributed by atoms with van der Waals surface area (Å²) in [7, 11) is 0. The number of aliphatic hydroxyl groups is 1. The molecule has 1 aliphatic heterocycles. The van der Waals surface area contributed by atoms with Crippen molar-refractivity contribution in [2.75, 3.05) is 13.2 Å². The quantitative estimate of drug-likeness (QED) is 0.858. The number of rotatable bonds is 4. The van der Waals surface area contributed by atoms with Gasteiger partial charge >= 0.3 is 0 Å². The van der Waals surface area contributed by atoms with Crippen LogP contribution in [0.15, 0.2) is 11.4 Å². The average Bonchev–Trinajstić information content (AvgIpc) is 2.98. The molecule has 1 aromatic heterocycles. The molecule has 1 N–H and O–H groups in total. The molecule has 1 saturated heterocycles. The molecular weight excluding hydrogens is 258 g/mol. The van der Waals surface area contributed by atoms with Crippen molar-refractivity contribution >= 4 is 17.2 Å². The van der Waals surface area contributed by atoms with Gasteiger partial charge < -0.3 is 10.0 Å². The Balaban J connectivity index is 1.94. The fourth-order valence-electron chi connectivity index (χ4n) is 2.22. The fraction of sp³-hybridized carbons (Fsp3) is 0.533. The highest BCUT2D eigenvalue weighted by Crippen LogP contribution is 2.24. The van der Waals surface area contributed by atoms with E-state index in [4.69, 9.17) is 5.11 Å². The Bertz CT molecular complexity index is 498. The van der Waals surface area contributed by atoms with Crippen molar-refractivity contribution in [2.24, 2.45) is 5.92 Å².